The molecule has 0 spiro atoms. The maximum atomic E-state index is 9.82. The number of rotatable bonds is 1. The molecule has 3 nitrogen and oxygen atoms in total. The average molecular weight is 188 g/mol. The Hall–Kier alpha value is -1.48. The maximum absolute atomic E-state index is 9.82. The summed E-state index contributed by atoms with van der Waals surface area (Å²) in [5, 5.41) is 14.1. The predicted octanol–water partition coefficient (Wildman–Crippen LogP) is 1.56. The summed E-state index contributed by atoms with van der Waals surface area (Å²) in [7, 11) is 0. The third-order valence-corrected chi connectivity index (χ3v) is 2.92. The number of phenolic OH excluding ortho intramolecular Hbond substituents is 1. The number of nitrogens with one attached hydrogen (secondary N) is 2. The van der Waals surface area contributed by atoms with Crippen molar-refractivity contribution in [2.24, 2.45) is 0 Å². The summed E-state index contributed by atoms with van der Waals surface area (Å²) in [5.41, 5.74) is 2.16. The van der Waals surface area contributed by atoms with E-state index in [1.165, 1.54) is 0 Å². The molecule has 2 aromatic rings. The minimum atomic E-state index is 0.420. The minimum Gasteiger partial charge on any atom is -0.508 e. The highest BCUT2D eigenvalue weighted by Crippen LogP contribution is 2.31. The Morgan fingerprint density at radius 2 is 2.14 bits per heavy atom. The van der Waals surface area contributed by atoms with Crippen molar-refractivity contribution in [2.45, 2.75) is 5.92 Å². The lowest BCUT2D eigenvalue weighted by molar-refractivity contribution is 0.414. The molecule has 0 amide bonds. The van der Waals surface area contributed by atoms with Crippen molar-refractivity contribution in [3.05, 3.63) is 30.0 Å². The summed E-state index contributed by atoms with van der Waals surface area (Å²) in [6.07, 6.45) is 1.90. The second-order valence-electron chi connectivity index (χ2n) is 3.83. The van der Waals surface area contributed by atoms with Crippen LogP contribution in [0.5, 0.6) is 5.75 Å². The van der Waals surface area contributed by atoms with Crippen LogP contribution in [-0.2, 0) is 0 Å². The first-order chi connectivity index (χ1) is 6.84. The number of H-pyrrole nitrogens is 1. The van der Waals surface area contributed by atoms with E-state index in [0.717, 1.165) is 29.6 Å². The highest BCUT2D eigenvalue weighted by Gasteiger charge is 2.22. The van der Waals surface area contributed by atoms with Crippen molar-refractivity contribution in [3.8, 4) is 5.75 Å². The lowest BCUT2D eigenvalue weighted by Crippen LogP contribution is -2.39. The van der Waals surface area contributed by atoms with E-state index in [1.807, 2.05) is 18.3 Å². The Bertz CT molecular complexity index is 471. The molecule has 1 fully saturated rings. The standard InChI is InChI=1S/C11H12N2O/c14-11-3-7-1-2-13-10(7)4-9(11)8-5-12-6-8/h1-4,8,12-14H,5-6H2. The van der Waals surface area contributed by atoms with Gasteiger partial charge < -0.3 is 15.4 Å². The molecule has 1 saturated heterocycles. The van der Waals surface area contributed by atoms with Gasteiger partial charge in [-0.1, -0.05) is 0 Å². The minimum absolute atomic E-state index is 0.420. The monoisotopic (exact) mass is 188 g/mol. The van der Waals surface area contributed by atoms with Crippen molar-refractivity contribution < 1.29 is 5.11 Å². The molecule has 3 heteroatoms. The van der Waals surface area contributed by atoms with Gasteiger partial charge in [0.05, 0.1) is 0 Å². The fourth-order valence-corrected chi connectivity index (χ4v) is 1.94. The highest BCUT2D eigenvalue weighted by atomic mass is 16.3. The Labute approximate surface area is 81.8 Å². The zero-order chi connectivity index (χ0) is 9.54. The normalized spacial score (nSPS) is 17.1. The summed E-state index contributed by atoms with van der Waals surface area (Å²) in [4.78, 5) is 3.16. The predicted molar refractivity (Wildman–Crippen MR) is 55.6 cm³/mol. The number of aromatic amines is 1. The van der Waals surface area contributed by atoms with Gasteiger partial charge in [-0.2, -0.15) is 0 Å². The van der Waals surface area contributed by atoms with E-state index < -0.39 is 0 Å². The van der Waals surface area contributed by atoms with Gasteiger partial charge >= 0.3 is 0 Å². The van der Waals surface area contributed by atoms with Gasteiger partial charge in [0.2, 0.25) is 0 Å². The van der Waals surface area contributed by atoms with Crippen LogP contribution in [0.15, 0.2) is 24.4 Å². The van der Waals surface area contributed by atoms with Gasteiger partial charge in [-0.15, -0.1) is 0 Å². The number of benzene rings is 1. The summed E-state index contributed by atoms with van der Waals surface area (Å²) in [6, 6.07) is 5.85. The quantitative estimate of drug-likeness (QED) is 0.636. The fourth-order valence-electron chi connectivity index (χ4n) is 1.94. The summed E-state index contributed by atoms with van der Waals surface area (Å²) < 4.78 is 0. The van der Waals surface area contributed by atoms with Gasteiger partial charge in [-0.3, -0.25) is 0 Å². The van der Waals surface area contributed by atoms with Crippen molar-refractivity contribution in [3.63, 3.8) is 0 Å². The van der Waals surface area contributed by atoms with Crippen LogP contribution >= 0.6 is 0 Å². The third kappa shape index (κ3) is 1.02. The van der Waals surface area contributed by atoms with Crippen LogP contribution in [0, 0.1) is 0 Å². The van der Waals surface area contributed by atoms with Gasteiger partial charge in [-0.05, 0) is 18.2 Å². The second-order valence-corrected chi connectivity index (χ2v) is 3.83. The van der Waals surface area contributed by atoms with Crippen LogP contribution in [0.25, 0.3) is 10.9 Å². The maximum Gasteiger partial charge on any atom is 0.119 e. The van der Waals surface area contributed by atoms with Gasteiger partial charge in [0.1, 0.15) is 5.75 Å². The smallest absolute Gasteiger partial charge is 0.119 e. The average Bonchev–Trinajstić information content (AvgIpc) is 2.48. The van der Waals surface area contributed by atoms with E-state index in [-0.39, 0.29) is 0 Å². The number of hydrogen-bond acceptors (Lipinski definition) is 2. The first-order valence-electron chi connectivity index (χ1n) is 4.85. The molecule has 0 unspecified atom stereocenters. The molecule has 1 aromatic heterocycles. The van der Waals surface area contributed by atoms with E-state index >= 15 is 0 Å². The third-order valence-electron chi connectivity index (χ3n) is 2.92. The van der Waals surface area contributed by atoms with Gasteiger partial charge in [0, 0.05) is 41.7 Å². The summed E-state index contributed by atoms with van der Waals surface area (Å²) >= 11 is 0. The van der Waals surface area contributed by atoms with Crippen LogP contribution in [0.4, 0.5) is 0 Å². The molecular weight excluding hydrogens is 176 g/mol. The number of aromatic hydroxyl groups is 1. The molecule has 0 bridgehead atoms. The van der Waals surface area contributed by atoms with Crippen molar-refractivity contribution in [1.82, 2.24) is 10.3 Å². The van der Waals surface area contributed by atoms with Crippen molar-refractivity contribution in [2.75, 3.05) is 13.1 Å². The lowest BCUT2D eigenvalue weighted by atomic mass is 9.92. The number of phenols is 1. The molecule has 0 aliphatic carbocycles. The Kier molecular flexibility index (Phi) is 1.55. The second kappa shape index (κ2) is 2.75. The molecule has 0 atom stereocenters. The Morgan fingerprint density at radius 1 is 1.29 bits per heavy atom. The molecule has 0 saturated carbocycles. The molecule has 1 aliphatic heterocycles. The van der Waals surface area contributed by atoms with E-state index in [4.69, 9.17) is 0 Å². The fraction of sp³-hybridized carbons (Fsp3) is 0.273. The number of hydrogen-bond donors (Lipinski definition) is 3. The Morgan fingerprint density at radius 3 is 2.86 bits per heavy atom. The molecule has 1 aliphatic rings. The summed E-state index contributed by atoms with van der Waals surface area (Å²) in [6.45, 7) is 1.94. The van der Waals surface area contributed by atoms with Crippen LogP contribution in [0.1, 0.15) is 11.5 Å². The molecule has 14 heavy (non-hydrogen) atoms. The van der Waals surface area contributed by atoms with Gasteiger partial charge in [-0.25, -0.2) is 0 Å². The molecule has 72 valence electrons. The van der Waals surface area contributed by atoms with E-state index in [9.17, 15) is 5.11 Å². The molecule has 3 rings (SSSR count). The molecular formula is C11H12N2O. The van der Waals surface area contributed by atoms with Crippen LogP contribution in [-0.4, -0.2) is 23.2 Å². The van der Waals surface area contributed by atoms with Crippen LogP contribution < -0.4 is 5.32 Å². The van der Waals surface area contributed by atoms with Crippen LogP contribution in [0.2, 0.25) is 0 Å². The SMILES string of the molecule is Oc1cc2cc[nH]c2cc1C1CNC1. The van der Waals surface area contributed by atoms with E-state index in [1.54, 1.807) is 0 Å². The number of fused-ring (bicyclic) bond motifs is 1. The topological polar surface area (TPSA) is 48.0 Å². The van der Waals surface area contributed by atoms with Gasteiger partial charge in [0.25, 0.3) is 0 Å². The van der Waals surface area contributed by atoms with Crippen LogP contribution in [0.3, 0.4) is 0 Å². The zero-order valence-electron chi connectivity index (χ0n) is 7.75. The highest BCUT2D eigenvalue weighted by molar-refractivity contribution is 5.82. The molecule has 2 heterocycles. The van der Waals surface area contributed by atoms with E-state index in [0.29, 0.717) is 11.7 Å². The summed E-state index contributed by atoms with van der Waals surface area (Å²) in [5.74, 6) is 0.895. The molecule has 0 radical (unpaired) electrons. The van der Waals surface area contributed by atoms with Crippen molar-refractivity contribution >= 4 is 10.9 Å². The molecule has 1 aromatic carbocycles. The van der Waals surface area contributed by atoms with E-state index in [2.05, 4.69) is 16.4 Å². The largest absolute Gasteiger partial charge is 0.508 e. The number of aromatic nitrogens is 1. The Balaban J connectivity index is 2.16. The molecule has 3 N–H and O–H groups in total. The van der Waals surface area contributed by atoms with Gasteiger partial charge in [0.15, 0.2) is 0 Å². The van der Waals surface area contributed by atoms with Crippen molar-refractivity contribution in [1.29, 1.82) is 0 Å². The zero-order valence-corrected chi connectivity index (χ0v) is 7.75. The first-order valence-corrected chi connectivity index (χ1v) is 4.85. The lowest BCUT2D eigenvalue weighted by Gasteiger charge is -2.28. The first kappa shape index (κ1) is 7.88.